The SMILES string of the molecule is O=C1C[C@@H](n2nnn(-c3cccc(Cl)c3)c2=S)[C@@H]2CO[C@H]1O2. The van der Waals surface area contributed by atoms with E-state index in [-0.39, 0.29) is 24.3 Å². The first kappa shape index (κ1) is 14.0. The van der Waals surface area contributed by atoms with Crippen molar-refractivity contribution in [1.29, 1.82) is 0 Å². The smallest absolute Gasteiger partial charge is 0.221 e. The number of hydrogen-bond acceptors (Lipinski definition) is 6. The number of carbonyl (C=O) groups excluding carboxylic acids is 1. The van der Waals surface area contributed by atoms with Crippen LogP contribution < -0.4 is 0 Å². The molecule has 0 saturated carbocycles. The summed E-state index contributed by atoms with van der Waals surface area (Å²) in [5.74, 6) is -0.0991. The van der Waals surface area contributed by atoms with Gasteiger partial charge in [-0.3, -0.25) is 4.79 Å². The molecule has 0 amide bonds. The number of halogens is 1. The van der Waals surface area contributed by atoms with Crippen LogP contribution in [0.15, 0.2) is 24.3 Å². The van der Waals surface area contributed by atoms with Crippen molar-refractivity contribution < 1.29 is 14.3 Å². The van der Waals surface area contributed by atoms with Gasteiger partial charge in [0.1, 0.15) is 6.10 Å². The number of aromatic nitrogens is 4. The van der Waals surface area contributed by atoms with E-state index < -0.39 is 6.29 Å². The Morgan fingerprint density at radius 2 is 2.23 bits per heavy atom. The molecule has 3 heterocycles. The van der Waals surface area contributed by atoms with Crippen LogP contribution in [0.3, 0.4) is 0 Å². The maximum Gasteiger partial charge on any atom is 0.221 e. The van der Waals surface area contributed by atoms with Gasteiger partial charge in [0.15, 0.2) is 5.78 Å². The maximum atomic E-state index is 11.9. The number of nitrogens with zero attached hydrogens (tertiary/aromatic N) is 4. The van der Waals surface area contributed by atoms with E-state index in [1.165, 1.54) is 4.68 Å². The summed E-state index contributed by atoms with van der Waals surface area (Å²) in [6.07, 6.45) is -0.699. The molecule has 114 valence electrons. The van der Waals surface area contributed by atoms with Crippen molar-refractivity contribution in [3.63, 3.8) is 0 Å². The minimum absolute atomic E-state index is 0.0991. The van der Waals surface area contributed by atoms with Crippen LogP contribution in [0.4, 0.5) is 0 Å². The third kappa shape index (κ3) is 2.19. The van der Waals surface area contributed by atoms with Crippen LogP contribution in [0.2, 0.25) is 5.02 Å². The molecule has 0 unspecified atom stereocenters. The minimum Gasteiger partial charge on any atom is -0.343 e. The molecule has 9 heteroatoms. The quantitative estimate of drug-likeness (QED) is 0.776. The standard InChI is InChI=1S/C13H11ClN4O3S/c14-7-2-1-3-8(4-7)17-13(22)18(16-15-17)9-5-10(19)12-20-6-11(9)21-12/h1-4,9,11-12H,5-6H2/t9-,11+,12+/m1/s1. The van der Waals surface area contributed by atoms with Crippen molar-refractivity contribution in [3.8, 4) is 5.69 Å². The molecular weight excluding hydrogens is 328 g/mol. The summed E-state index contributed by atoms with van der Waals surface area (Å²) in [5.41, 5.74) is 0.715. The average Bonchev–Trinajstić information content (AvgIpc) is 3.09. The van der Waals surface area contributed by atoms with Crippen LogP contribution in [0.25, 0.3) is 5.69 Å². The van der Waals surface area contributed by atoms with Gasteiger partial charge in [-0.15, -0.1) is 0 Å². The number of hydrogen-bond donors (Lipinski definition) is 0. The van der Waals surface area contributed by atoms with E-state index in [0.717, 1.165) is 0 Å². The first-order chi connectivity index (χ1) is 10.6. The highest BCUT2D eigenvalue weighted by molar-refractivity contribution is 7.71. The van der Waals surface area contributed by atoms with Crippen molar-refractivity contribution >= 4 is 29.6 Å². The predicted molar refractivity (Wildman–Crippen MR) is 78.5 cm³/mol. The van der Waals surface area contributed by atoms with Crippen molar-refractivity contribution in [2.75, 3.05) is 6.61 Å². The third-order valence-corrected chi connectivity index (χ3v) is 4.38. The summed E-state index contributed by atoms with van der Waals surface area (Å²) in [6.45, 7) is 0.354. The molecule has 0 spiro atoms. The Bertz CT molecular complexity index is 805. The topological polar surface area (TPSA) is 71.2 Å². The summed E-state index contributed by atoms with van der Waals surface area (Å²) in [4.78, 5) is 11.9. The number of tetrazole rings is 1. The molecule has 2 bridgehead atoms. The van der Waals surface area contributed by atoms with Gasteiger partial charge in [0.05, 0.1) is 18.3 Å². The fourth-order valence-corrected chi connectivity index (χ4v) is 3.20. The highest BCUT2D eigenvalue weighted by Gasteiger charge is 2.45. The summed E-state index contributed by atoms with van der Waals surface area (Å²) in [7, 11) is 0. The Morgan fingerprint density at radius 3 is 3.05 bits per heavy atom. The lowest BCUT2D eigenvalue weighted by Gasteiger charge is -2.25. The van der Waals surface area contributed by atoms with E-state index in [4.69, 9.17) is 33.3 Å². The van der Waals surface area contributed by atoms with E-state index in [2.05, 4.69) is 10.4 Å². The lowest BCUT2D eigenvalue weighted by atomic mass is 10.0. The summed E-state index contributed by atoms with van der Waals surface area (Å²) in [6, 6.07) is 6.85. The molecule has 22 heavy (non-hydrogen) atoms. The Hall–Kier alpha value is -1.61. The fraction of sp³-hybridized carbons (Fsp3) is 0.385. The molecule has 4 rings (SSSR count). The van der Waals surface area contributed by atoms with Crippen molar-refractivity contribution in [3.05, 3.63) is 34.1 Å². The zero-order chi connectivity index (χ0) is 15.3. The van der Waals surface area contributed by atoms with Crippen LogP contribution in [0, 0.1) is 4.77 Å². The molecule has 2 aromatic rings. The van der Waals surface area contributed by atoms with Crippen LogP contribution in [-0.2, 0) is 14.3 Å². The predicted octanol–water partition coefficient (Wildman–Crippen LogP) is 1.71. The van der Waals surface area contributed by atoms with Gasteiger partial charge in [0.25, 0.3) is 0 Å². The van der Waals surface area contributed by atoms with E-state index >= 15 is 0 Å². The van der Waals surface area contributed by atoms with Crippen LogP contribution in [0.5, 0.6) is 0 Å². The lowest BCUT2D eigenvalue weighted by Crippen LogP contribution is -2.37. The van der Waals surface area contributed by atoms with Gasteiger partial charge in [-0.2, -0.15) is 4.68 Å². The van der Waals surface area contributed by atoms with Gasteiger partial charge in [-0.25, -0.2) is 4.68 Å². The normalized spacial score (nSPS) is 27.3. The number of carbonyl (C=O) groups is 1. The Kier molecular flexibility index (Phi) is 3.33. The van der Waals surface area contributed by atoms with Gasteiger partial charge >= 0.3 is 0 Å². The molecule has 3 atom stereocenters. The average molecular weight is 339 g/mol. The number of Topliss-reactive ketones (excluding diaryl/α,β-unsaturated/α-hetero) is 1. The molecule has 1 aromatic heterocycles. The molecular formula is C13H11ClN4O3S. The van der Waals surface area contributed by atoms with Crippen LogP contribution in [0.1, 0.15) is 12.5 Å². The monoisotopic (exact) mass is 338 g/mol. The van der Waals surface area contributed by atoms with Gasteiger partial charge in [0, 0.05) is 11.4 Å². The molecule has 0 aliphatic carbocycles. The molecule has 2 saturated heterocycles. The number of benzene rings is 1. The second kappa shape index (κ2) is 5.24. The van der Waals surface area contributed by atoms with Crippen molar-refractivity contribution in [2.45, 2.75) is 24.9 Å². The summed E-state index contributed by atoms with van der Waals surface area (Å²) < 4.78 is 14.3. The summed E-state index contributed by atoms with van der Waals surface area (Å²) in [5, 5.41) is 8.74. The van der Waals surface area contributed by atoms with E-state index in [0.29, 0.717) is 22.1 Å². The molecule has 2 fully saturated rings. The molecule has 1 aromatic carbocycles. The fourth-order valence-electron chi connectivity index (χ4n) is 2.70. The third-order valence-electron chi connectivity index (χ3n) is 3.78. The van der Waals surface area contributed by atoms with E-state index in [9.17, 15) is 4.79 Å². The van der Waals surface area contributed by atoms with Gasteiger partial charge in [-0.1, -0.05) is 17.7 Å². The number of fused-ring (bicyclic) bond motifs is 2. The molecule has 2 aliphatic heterocycles. The van der Waals surface area contributed by atoms with Gasteiger partial charge < -0.3 is 9.47 Å². The highest BCUT2D eigenvalue weighted by atomic mass is 35.5. The Balaban J connectivity index is 1.73. The van der Waals surface area contributed by atoms with E-state index in [1.807, 2.05) is 6.07 Å². The zero-order valence-corrected chi connectivity index (χ0v) is 12.8. The molecule has 0 radical (unpaired) electrons. The van der Waals surface area contributed by atoms with Gasteiger partial charge in [0.2, 0.25) is 11.1 Å². The van der Waals surface area contributed by atoms with Crippen molar-refractivity contribution in [2.24, 2.45) is 0 Å². The molecule has 2 aliphatic rings. The molecule has 7 nitrogen and oxygen atoms in total. The van der Waals surface area contributed by atoms with Crippen molar-refractivity contribution in [1.82, 2.24) is 19.8 Å². The number of rotatable bonds is 2. The maximum absolute atomic E-state index is 11.9. The lowest BCUT2D eigenvalue weighted by molar-refractivity contribution is -0.156. The number of ether oxygens (including phenoxy) is 2. The van der Waals surface area contributed by atoms with Gasteiger partial charge in [-0.05, 0) is 40.8 Å². The largest absolute Gasteiger partial charge is 0.343 e. The Morgan fingerprint density at radius 1 is 1.36 bits per heavy atom. The molecule has 0 N–H and O–H groups in total. The zero-order valence-electron chi connectivity index (χ0n) is 11.3. The number of ketones is 1. The first-order valence-corrected chi connectivity index (χ1v) is 7.52. The second-order valence-corrected chi connectivity index (χ2v) is 5.98. The first-order valence-electron chi connectivity index (χ1n) is 6.74. The van der Waals surface area contributed by atoms with Crippen LogP contribution >= 0.6 is 23.8 Å². The highest BCUT2D eigenvalue weighted by Crippen LogP contribution is 2.32. The second-order valence-electron chi connectivity index (χ2n) is 5.18. The minimum atomic E-state index is -0.738. The van der Waals surface area contributed by atoms with E-state index in [1.54, 1.807) is 22.9 Å². The van der Waals surface area contributed by atoms with Crippen LogP contribution in [-0.4, -0.2) is 44.6 Å². The Labute approximate surface area is 135 Å². The summed E-state index contributed by atoms with van der Waals surface area (Å²) >= 11 is 11.4.